The van der Waals surface area contributed by atoms with Crippen LogP contribution in [0.1, 0.15) is 40.2 Å². The number of aryl methyl sites for hydroxylation is 2. The van der Waals surface area contributed by atoms with Gasteiger partial charge in [-0.2, -0.15) is 0 Å². The Labute approximate surface area is 158 Å². The molecule has 1 fully saturated rings. The maximum Gasteiger partial charge on any atom is 0.146 e. The standard InChI is InChI=1S/C14H14N4.C7H15N.2H2/c1-8-5-13(15)17-18-14(8)10-3-4-11-9(2)7-16-12(11)6-10;1-2-8-6-4-3-5-7-8;;/h3-7,16H,1-2H3,(H2,15,17);2-7H2,1H3;2*1H. The van der Waals surface area contributed by atoms with E-state index in [9.17, 15) is 0 Å². The van der Waals surface area contributed by atoms with Crippen LogP contribution in [0.15, 0.2) is 30.5 Å². The Hall–Kier alpha value is -2.40. The van der Waals surface area contributed by atoms with E-state index in [0.717, 1.165) is 22.3 Å². The number of likely N-dealkylation sites (tertiary alicyclic amines) is 1. The van der Waals surface area contributed by atoms with E-state index >= 15 is 0 Å². The van der Waals surface area contributed by atoms with Crippen molar-refractivity contribution < 1.29 is 2.85 Å². The summed E-state index contributed by atoms with van der Waals surface area (Å²) in [6, 6.07) is 8.10. The van der Waals surface area contributed by atoms with Gasteiger partial charge in [-0.25, -0.2) is 0 Å². The minimum Gasteiger partial charge on any atom is -0.382 e. The van der Waals surface area contributed by atoms with Crippen LogP contribution in [0.3, 0.4) is 0 Å². The van der Waals surface area contributed by atoms with Gasteiger partial charge in [0.1, 0.15) is 5.82 Å². The van der Waals surface area contributed by atoms with Crippen LogP contribution < -0.4 is 5.73 Å². The summed E-state index contributed by atoms with van der Waals surface area (Å²) in [6.45, 7) is 10.3. The van der Waals surface area contributed by atoms with Gasteiger partial charge in [0.2, 0.25) is 0 Å². The zero-order valence-electron chi connectivity index (χ0n) is 16.0. The first-order valence-electron chi connectivity index (χ1n) is 9.48. The highest BCUT2D eigenvalue weighted by Crippen LogP contribution is 2.26. The number of piperidine rings is 1. The van der Waals surface area contributed by atoms with Gasteiger partial charge in [-0.05, 0) is 69.6 Å². The molecule has 0 aliphatic carbocycles. The number of fused-ring (bicyclic) bond motifs is 1. The Bertz CT molecular complexity index is 872. The van der Waals surface area contributed by atoms with E-state index in [1.54, 1.807) is 0 Å². The van der Waals surface area contributed by atoms with E-state index < -0.39 is 0 Å². The van der Waals surface area contributed by atoms with Crippen molar-refractivity contribution in [2.75, 3.05) is 25.4 Å². The van der Waals surface area contributed by atoms with Crippen molar-refractivity contribution in [3.05, 3.63) is 41.6 Å². The van der Waals surface area contributed by atoms with Gasteiger partial charge in [0.25, 0.3) is 0 Å². The van der Waals surface area contributed by atoms with Crippen molar-refractivity contribution in [3.8, 4) is 11.3 Å². The van der Waals surface area contributed by atoms with E-state index in [4.69, 9.17) is 5.73 Å². The predicted octanol–water partition coefficient (Wildman–Crippen LogP) is 4.81. The number of H-pyrrole nitrogens is 1. The summed E-state index contributed by atoms with van der Waals surface area (Å²) < 4.78 is 0. The monoisotopic (exact) mass is 355 g/mol. The molecule has 3 N–H and O–H groups in total. The molecule has 0 bridgehead atoms. The number of nitrogens with two attached hydrogens (primary N) is 1. The number of aromatic nitrogens is 3. The molecular weight excluding hydrogens is 322 g/mol. The Kier molecular flexibility index (Phi) is 5.89. The molecule has 3 aromatic rings. The van der Waals surface area contributed by atoms with Crippen LogP contribution in [0.2, 0.25) is 0 Å². The summed E-state index contributed by atoms with van der Waals surface area (Å²) in [5.41, 5.74) is 10.9. The molecular formula is C21H33N5. The lowest BCUT2D eigenvalue weighted by atomic mass is 10.1. The molecule has 0 spiro atoms. The van der Waals surface area contributed by atoms with Gasteiger partial charge in [-0.3, -0.25) is 0 Å². The molecule has 1 aromatic carbocycles. The quantitative estimate of drug-likeness (QED) is 0.692. The van der Waals surface area contributed by atoms with Gasteiger partial charge in [-0.15, -0.1) is 10.2 Å². The minimum absolute atomic E-state index is 0. The fourth-order valence-corrected chi connectivity index (χ4v) is 3.49. The lowest BCUT2D eigenvalue weighted by Crippen LogP contribution is -2.29. The predicted molar refractivity (Wildman–Crippen MR) is 113 cm³/mol. The van der Waals surface area contributed by atoms with Gasteiger partial charge < -0.3 is 15.6 Å². The molecule has 5 heteroatoms. The van der Waals surface area contributed by atoms with Crippen LogP contribution in [0.25, 0.3) is 22.2 Å². The number of nitrogen functional groups attached to an aromatic ring is 1. The van der Waals surface area contributed by atoms with Crippen molar-refractivity contribution in [2.45, 2.75) is 40.0 Å². The number of nitrogens with one attached hydrogen (secondary N) is 1. The number of hydrogen-bond donors (Lipinski definition) is 2. The number of nitrogens with zero attached hydrogens (tertiary/aromatic N) is 3. The molecule has 0 unspecified atom stereocenters. The third-order valence-electron chi connectivity index (χ3n) is 5.06. The number of hydrogen-bond acceptors (Lipinski definition) is 4. The maximum atomic E-state index is 5.62. The van der Waals surface area contributed by atoms with Gasteiger partial charge in [-0.1, -0.05) is 25.5 Å². The first-order chi connectivity index (χ1) is 12.6. The van der Waals surface area contributed by atoms with E-state index in [1.165, 1.54) is 49.8 Å². The molecule has 26 heavy (non-hydrogen) atoms. The van der Waals surface area contributed by atoms with E-state index in [2.05, 4.69) is 52.1 Å². The second-order valence-electron chi connectivity index (χ2n) is 7.03. The Morgan fingerprint density at radius 1 is 1.08 bits per heavy atom. The lowest BCUT2D eigenvalue weighted by Gasteiger charge is -2.24. The van der Waals surface area contributed by atoms with E-state index in [-0.39, 0.29) is 2.85 Å². The molecule has 2 aromatic heterocycles. The fourth-order valence-electron chi connectivity index (χ4n) is 3.49. The van der Waals surface area contributed by atoms with Gasteiger partial charge in [0.05, 0.1) is 5.69 Å². The van der Waals surface area contributed by atoms with Crippen LogP contribution in [-0.2, 0) is 0 Å². The van der Waals surface area contributed by atoms with Crippen LogP contribution in [0.4, 0.5) is 5.82 Å². The lowest BCUT2D eigenvalue weighted by molar-refractivity contribution is 0.240. The molecule has 0 amide bonds. The summed E-state index contributed by atoms with van der Waals surface area (Å²) >= 11 is 0. The molecule has 0 atom stereocenters. The molecule has 1 saturated heterocycles. The number of aromatic amines is 1. The van der Waals surface area contributed by atoms with Crippen molar-refractivity contribution >= 4 is 16.7 Å². The average molecular weight is 356 g/mol. The first kappa shape index (κ1) is 18.4. The highest BCUT2D eigenvalue weighted by Gasteiger charge is 2.08. The third-order valence-corrected chi connectivity index (χ3v) is 5.06. The summed E-state index contributed by atoms with van der Waals surface area (Å²) in [4.78, 5) is 5.77. The van der Waals surface area contributed by atoms with Gasteiger partial charge >= 0.3 is 0 Å². The average Bonchev–Trinajstić information content (AvgIpc) is 3.03. The second-order valence-corrected chi connectivity index (χ2v) is 7.03. The molecule has 1 aliphatic rings. The van der Waals surface area contributed by atoms with Crippen LogP contribution in [0, 0.1) is 13.8 Å². The fraction of sp³-hybridized carbons (Fsp3) is 0.429. The summed E-state index contributed by atoms with van der Waals surface area (Å²) in [5, 5.41) is 9.33. The van der Waals surface area contributed by atoms with Crippen molar-refractivity contribution in [1.82, 2.24) is 20.1 Å². The molecule has 5 nitrogen and oxygen atoms in total. The van der Waals surface area contributed by atoms with E-state index in [0.29, 0.717) is 5.82 Å². The zero-order valence-corrected chi connectivity index (χ0v) is 16.0. The molecule has 0 saturated carbocycles. The summed E-state index contributed by atoms with van der Waals surface area (Å²) in [5.74, 6) is 0.452. The summed E-state index contributed by atoms with van der Waals surface area (Å²) in [6.07, 6.45) is 6.31. The highest BCUT2D eigenvalue weighted by molar-refractivity contribution is 5.87. The smallest absolute Gasteiger partial charge is 0.146 e. The normalized spacial score (nSPS) is 14.9. The summed E-state index contributed by atoms with van der Waals surface area (Å²) in [7, 11) is 0. The maximum absolute atomic E-state index is 5.62. The molecule has 4 rings (SSSR count). The molecule has 142 valence electrons. The van der Waals surface area contributed by atoms with Crippen LogP contribution in [0.5, 0.6) is 0 Å². The molecule has 0 radical (unpaired) electrons. The van der Waals surface area contributed by atoms with E-state index in [1.807, 2.05) is 19.2 Å². The largest absolute Gasteiger partial charge is 0.382 e. The van der Waals surface area contributed by atoms with Crippen LogP contribution >= 0.6 is 0 Å². The first-order valence-corrected chi connectivity index (χ1v) is 9.48. The van der Waals surface area contributed by atoms with Gasteiger partial charge in [0.15, 0.2) is 0 Å². The highest BCUT2D eigenvalue weighted by atomic mass is 15.1. The van der Waals surface area contributed by atoms with Crippen LogP contribution in [-0.4, -0.2) is 39.7 Å². The number of anilines is 1. The number of rotatable bonds is 2. The van der Waals surface area contributed by atoms with Crippen molar-refractivity contribution in [2.24, 2.45) is 0 Å². The number of benzene rings is 1. The molecule has 3 heterocycles. The van der Waals surface area contributed by atoms with Crippen molar-refractivity contribution in [1.29, 1.82) is 0 Å². The Balaban J connectivity index is 0.000000336. The zero-order chi connectivity index (χ0) is 18.5. The SMILES string of the molecule is CCN1CCCCC1.Cc1cc(N)nnc1-c1ccc2c(C)c[nH]c2c1.[HH].[HH]. The Morgan fingerprint density at radius 2 is 1.85 bits per heavy atom. The van der Waals surface area contributed by atoms with Gasteiger partial charge in [0, 0.05) is 25.5 Å². The van der Waals surface area contributed by atoms with Crippen molar-refractivity contribution in [3.63, 3.8) is 0 Å². The molecule has 1 aliphatic heterocycles. The minimum atomic E-state index is 0. The topological polar surface area (TPSA) is 70.8 Å². The Morgan fingerprint density at radius 3 is 2.50 bits per heavy atom. The third kappa shape index (κ3) is 4.22. The second kappa shape index (κ2) is 8.32.